The Morgan fingerprint density at radius 3 is 2.65 bits per heavy atom. The number of hydrogen-bond acceptors (Lipinski definition) is 4. The number of aliphatic carboxylic acids is 1. The molecule has 2 amide bonds. The lowest BCUT2D eigenvalue weighted by Crippen LogP contribution is -2.53. The maximum absolute atomic E-state index is 11.9. The van der Waals surface area contributed by atoms with Crippen molar-refractivity contribution in [3.8, 4) is 0 Å². The van der Waals surface area contributed by atoms with Gasteiger partial charge in [-0.15, -0.1) is 0 Å². The van der Waals surface area contributed by atoms with Gasteiger partial charge in [0.25, 0.3) is 0 Å². The minimum Gasteiger partial charge on any atom is -0.480 e. The van der Waals surface area contributed by atoms with E-state index in [0.717, 1.165) is 0 Å². The first-order chi connectivity index (χ1) is 9.41. The normalized spacial score (nSPS) is 17.3. The number of likely N-dealkylation sites (N-methyl/N-ethyl adjacent to an activating group) is 1. The molecule has 0 spiro atoms. The molecule has 20 heavy (non-hydrogen) atoms. The van der Waals surface area contributed by atoms with Crippen LogP contribution in [0.2, 0.25) is 0 Å². The largest absolute Gasteiger partial charge is 0.480 e. The number of nitrogens with zero attached hydrogens (tertiary/aromatic N) is 2. The minimum atomic E-state index is -1.16. The Labute approximate surface area is 115 Å². The monoisotopic (exact) mass is 277 g/mol. The summed E-state index contributed by atoms with van der Waals surface area (Å²) in [7, 11) is 1.56. The van der Waals surface area contributed by atoms with Crippen molar-refractivity contribution in [1.29, 1.82) is 0 Å². The molecule has 2 rings (SSSR count). The van der Waals surface area contributed by atoms with Gasteiger partial charge >= 0.3 is 17.8 Å². The molecular formula is C13H15N3O4. The van der Waals surface area contributed by atoms with Crippen LogP contribution >= 0.6 is 0 Å². The molecule has 1 fully saturated rings. The van der Waals surface area contributed by atoms with Gasteiger partial charge < -0.3 is 20.6 Å². The molecule has 1 aliphatic rings. The van der Waals surface area contributed by atoms with Crippen LogP contribution < -0.4 is 10.6 Å². The van der Waals surface area contributed by atoms with E-state index in [-0.39, 0.29) is 0 Å². The van der Waals surface area contributed by atoms with E-state index in [1.54, 1.807) is 25.2 Å². The van der Waals surface area contributed by atoms with Gasteiger partial charge in [-0.05, 0) is 17.7 Å². The predicted molar refractivity (Wildman–Crippen MR) is 71.0 cm³/mol. The van der Waals surface area contributed by atoms with Gasteiger partial charge in [-0.2, -0.15) is 0 Å². The highest BCUT2D eigenvalue weighted by Crippen LogP contribution is 2.21. The molecule has 0 bridgehead atoms. The van der Waals surface area contributed by atoms with Gasteiger partial charge in [-0.3, -0.25) is 14.4 Å². The summed E-state index contributed by atoms with van der Waals surface area (Å²) in [5, 5.41) is 8.90. The van der Waals surface area contributed by atoms with Crippen LogP contribution in [0.5, 0.6) is 0 Å². The second kappa shape index (κ2) is 5.30. The Bertz CT molecular complexity index is 572. The molecule has 0 aromatic heterocycles. The van der Waals surface area contributed by atoms with Gasteiger partial charge in [0.15, 0.2) is 0 Å². The van der Waals surface area contributed by atoms with Gasteiger partial charge in [0, 0.05) is 25.8 Å². The molecule has 1 aromatic carbocycles. The van der Waals surface area contributed by atoms with Crippen molar-refractivity contribution in [3.63, 3.8) is 0 Å². The standard InChI is InChI=1S/C13H15N3O4/c1-15-5-6-16(12(18)11(15)17)9-4-2-3-8(7-9)10(14)13(19)20/h2-4,7,10H,5-6,14H2,1H3,(H,19,20). The van der Waals surface area contributed by atoms with E-state index < -0.39 is 23.8 Å². The van der Waals surface area contributed by atoms with Crippen molar-refractivity contribution < 1.29 is 19.5 Å². The lowest BCUT2D eigenvalue weighted by molar-refractivity contribution is -0.145. The van der Waals surface area contributed by atoms with E-state index in [1.807, 2.05) is 0 Å². The third-order valence-electron chi connectivity index (χ3n) is 3.24. The molecule has 0 radical (unpaired) electrons. The second-order valence-corrected chi connectivity index (χ2v) is 4.59. The molecule has 1 saturated heterocycles. The Morgan fingerprint density at radius 1 is 1.30 bits per heavy atom. The molecule has 1 unspecified atom stereocenters. The lowest BCUT2D eigenvalue weighted by atomic mass is 10.1. The number of hydrogen-bond donors (Lipinski definition) is 2. The first-order valence-electron chi connectivity index (χ1n) is 6.07. The summed E-state index contributed by atoms with van der Waals surface area (Å²) in [5.41, 5.74) is 6.40. The molecule has 0 saturated carbocycles. The van der Waals surface area contributed by atoms with E-state index in [9.17, 15) is 14.4 Å². The Hall–Kier alpha value is -2.41. The average molecular weight is 277 g/mol. The highest BCUT2D eigenvalue weighted by molar-refractivity contribution is 6.40. The molecular weight excluding hydrogens is 262 g/mol. The number of carboxylic acids is 1. The maximum Gasteiger partial charge on any atom is 0.325 e. The fourth-order valence-corrected chi connectivity index (χ4v) is 2.01. The highest BCUT2D eigenvalue weighted by atomic mass is 16.4. The van der Waals surface area contributed by atoms with Crippen molar-refractivity contribution in [2.45, 2.75) is 6.04 Å². The number of amides is 2. The van der Waals surface area contributed by atoms with Crippen molar-refractivity contribution in [1.82, 2.24) is 4.90 Å². The number of nitrogens with two attached hydrogens (primary N) is 1. The van der Waals surface area contributed by atoms with Gasteiger partial charge in [-0.1, -0.05) is 12.1 Å². The van der Waals surface area contributed by atoms with E-state index in [2.05, 4.69) is 0 Å². The van der Waals surface area contributed by atoms with E-state index in [1.165, 1.54) is 15.9 Å². The topological polar surface area (TPSA) is 104 Å². The third-order valence-corrected chi connectivity index (χ3v) is 3.24. The first-order valence-corrected chi connectivity index (χ1v) is 6.07. The molecule has 0 aliphatic carbocycles. The van der Waals surface area contributed by atoms with Gasteiger partial charge in [0.05, 0.1) is 0 Å². The number of anilines is 1. The van der Waals surface area contributed by atoms with E-state index in [4.69, 9.17) is 10.8 Å². The van der Waals surface area contributed by atoms with Crippen molar-refractivity contribution >= 4 is 23.5 Å². The fourth-order valence-electron chi connectivity index (χ4n) is 2.01. The SMILES string of the molecule is CN1CCN(c2cccc(C(N)C(=O)O)c2)C(=O)C1=O. The second-order valence-electron chi connectivity index (χ2n) is 4.59. The molecule has 106 valence electrons. The van der Waals surface area contributed by atoms with Crippen molar-refractivity contribution in [2.24, 2.45) is 5.73 Å². The van der Waals surface area contributed by atoms with Crippen LogP contribution in [-0.4, -0.2) is 47.9 Å². The highest BCUT2D eigenvalue weighted by Gasteiger charge is 2.31. The van der Waals surface area contributed by atoms with E-state index >= 15 is 0 Å². The molecule has 1 heterocycles. The lowest BCUT2D eigenvalue weighted by Gasteiger charge is -2.31. The predicted octanol–water partition coefficient (Wildman–Crippen LogP) is -0.424. The van der Waals surface area contributed by atoms with Crippen molar-refractivity contribution in [2.75, 3.05) is 25.0 Å². The average Bonchev–Trinajstić information content (AvgIpc) is 2.44. The molecule has 1 aliphatic heterocycles. The number of benzene rings is 1. The zero-order valence-electron chi connectivity index (χ0n) is 10.9. The Kier molecular flexibility index (Phi) is 3.71. The molecule has 3 N–H and O–H groups in total. The van der Waals surface area contributed by atoms with Gasteiger partial charge in [0.1, 0.15) is 6.04 Å². The zero-order chi connectivity index (χ0) is 14.9. The van der Waals surface area contributed by atoms with Crippen LogP contribution in [-0.2, 0) is 14.4 Å². The summed E-state index contributed by atoms with van der Waals surface area (Å²) in [4.78, 5) is 37.2. The number of rotatable bonds is 3. The van der Waals surface area contributed by atoms with Crippen molar-refractivity contribution in [3.05, 3.63) is 29.8 Å². The minimum absolute atomic E-state index is 0.368. The summed E-state index contributed by atoms with van der Waals surface area (Å²) in [6.45, 7) is 0.798. The molecule has 7 heteroatoms. The summed E-state index contributed by atoms with van der Waals surface area (Å²) >= 11 is 0. The molecule has 1 atom stereocenters. The van der Waals surface area contributed by atoms with Gasteiger partial charge in [0.2, 0.25) is 0 Å². The van der Waals surface area contributed by atoms with Crippen LogP contribution in [0.15, 0.2) is 24.3 Å². The summed E-state index contributed by atoms with van der Waals surface area (Å²) in [5.74, 6) is -2.35. The first kappa shape index (κ1) is 14.0. The molecule has 1 aromatic rings. The van der Waals surface area contributed by atoms with Crippen LogP contribution in [0.1, 0.15) is 11.6 Å². The number of carbonyl (C=O) groups is 3. The van der Waals surface area contributed by atoms with Gasteiger partial charge in [-0.25, -0.2) is 0 Å². The quantitative estimate of drug-likeness (QED) is 0.730. The Morgan fingerprint density at radius 2 is 2.00 bits per heavy atom. The number of piperazine rings is 1. The van der Waals surface area contributed by atoms with E-state index in [0.29, 0.717) is 24.3 Å². The fraction of sp³-hybridized carbons (Fsp3) is 0.308. The summed E-state index contributed by atoms with van der Waals surface area (Å²) < 4.78 is 0. The molecule has 7 nitrogen and oxygen atoms in total. The number of carboxylic acid groups (broad SMARTS) is 1. The third kappa shape index (κ3) is 2.48. The summed E-state index contributed by atoms with van der Waals surface area (Å²) in [6, 6.07) is 5.20. The Balaban J connectivity index is 2.30. The van der Waals surface area contributed by atoms with Crippen LogP contribution in [0.25, 0.3) is 0 Å². The summed E-state index contributed by atoms with van der Waals surface area (Å²) in [6.07, 6.45) is 0. The van der Waals surface area contributed by atoms with Crippen LogP contribution in [0, 0.1) is 0 Å². The smallest absolute Gasteiger partial charge is 0.325 e. The van der Waals surface area contributed by atoms with Crippen LogP contribution in [0.3, 0.4) is 0 Å². The zero-order valence-corrected chi connectivity index (χ0v) is 10.9. The number of carbonyl (C=O) groups excluding carboxylic acids is 2. The maximum atomic E-state index is 11.9. The van der Waals surface area contributed by atoms with Crippen LogP contribution in [0.4, 0.5) is 5.69 Å².